The molecule has 0 saturated carbocycles. The second-order valence-electron chi connectivity index (χ2n) is 7.82. The predicted molar refractivity (Wildman–Crippen MR) is 108 cm³/mol. The molecule has 1 N–H and O–H groups in total. The number of nitrogens with zero attached hydrogens (tertiary/aromatic N) is 1. The van der Waals surface area contributed by atoms with Crippen LogP contribution in [0, 0.1) is 0 Å². The van der Waals surface area contributed by atoms with Gasteiger partial charge in [0.25, 0.3) is 5.91 Å². The fraction of sp³-hybridized carbons (Fsp3) is 0.400. The van der Waals surface area contributed by atoms with Crippen molar-refractivity contribution in [2.45, 2.75) is 26.4 Å². The summed E-state index contributed by atoms with van der Waals surface area (Å²) in [6, 6.07) is 10.9. The zero-order valence-corrected chi connectivity index (χ0v) is 17.0. The number of fused-ring (bicyclic) bond motifs is 1. The van der Waals surface area contributed by atoms with E-state index in [0.29, 0.717) is 11.3 Å². The normalized spacial score (nSPS) is 16.6. The van der Waals surface area contributed by atoms with Gasteiger partial charge in [-0.3, -0.25) is 10.1 Å². The number of hydrogen-bond acceptors (Lipinski definition) is 5. The van der Waals surface area contributed by atoms with Crippen molar-refractivity contribution in [3.63, 3.8) is 0 Å². The molecule has 0 unspecified atom stereocenters. The van der Waals surface area contributed by atoms with E-state index >= 15 is 0 Å². The van der Waals surface area contributed by atoms with E-state index in [0.717, 1.165) is 10.8 Å². The Morgan fingerprint density at radius 1 is 1.04 bits per heavy atom. The van der Waals surface area contributed by atoms with Gasteiger partial charge in [0, 0.05) is 13.1 Å². The highest BCUT2D eigenvalue weighted by atomic mass is 32.2. The van der Waals surface area contributed by atoms with Crippen LogP contribution < -0.4 is 5.32 Å². The van der Waals surface area contributed by atoms with Crippen molar-refractivity contribution in [2.24, 2.45) is 0 Å². The topological polar surface area (TPSA) is 92.8 Å². The quantitative estimate of drug-likeness (QED) is 0.830. The van der Waals surface area contributed by atoms with Crippen LogP contribution in [0.3, 0.4) is 0 Å². The van der Waals surface area contributed by atoms with Crippen molar-refractivity contribution in [2.75, 3.05) is 29.9 Å². The summed E-state index contributed by atoms with van der Waals surface area (Å²) < 4.78 is 28.6. The predicted octanol–water partition coefficient (Wildman–Crippen LogP) is 3.06. The van der Waals surface area contributed by atoms with Crippen molar-refractivity contribution >= 4 is 38.3 Å². The number of anilines is 1. The van der Waals surface area contributed by atoms with E-state index in [4.69, 9.17) is 4.74 Å². The standard InChI is InChI=1S/C20H24N2O5S/c1-20(2,3)27-19(24)21-17-13-15-7-5-4-6-14(15)12-16(17)18(23)22-8-10-28(25,26)11-9-22/h4-7,12-13H,8-11H2,1-3H3,(H,21,24). The third kappa shape index (κ3) is 4.81. The van der Waals surface area contributed by atoms with E-state index in [1.165, 1.54) is 4.90 Å². The van der Waals surface area contributed by atoms with Crippen LogP contribution in [0.5, 0.6) is 0 Å². The summed E-state index contributed by atoms with van der Waals surface area (Å²) in [6.07, 6.45) is -0.655. The maximum atomic E-state index is 13.1. The fourth-order valence-corrected chi connectivity index (χ4v) is 4.22. The average Bonchev–Trinajstić information content (AvgIpc) is 2.59. The first-order chi connectivity index (χ1) is 13.0. The van der Waals surface area contributed by atoms with Gasteiger partial charge in [-0.25, -0.2) is 13.2 Å². The minimum Gasteiger partial charge on any atom is -0.444 e. The van der Waals surface area contributed by atoms with Crippen molar-refractivity contribution in [1.82, 2.24) is 4.90 Å². The van der Waals surface area contributed by atoms with Gasteiger partial charge in [0.2, 0.25) is 0 Å². The summed E-state index contributed by atoms with van der Waals surface area (Å²) in [5, 5.41) is 4.39. The first kappa shape index (κ1) is 20.1. The molecule has 2 aromatic carbocycles. The minimum atomic E-state index is -3.10. The van der Waals surface area contributed by atoms with Crippen LogP contribution in [-0.4, -0.2) is 55.5 Å². The number of nitrogens with one attached hydrogen (secondary N) is 1. The minimum absolute atomic E-state index is 0.0544. The van der Waals surface area contributed by atoms with E-state index in [1.54, 1.807) is 32.9 Å². The zero-order chi connectivity index (χ0) is 20.5. The molecule has 0 radical (unpaired) electrons. The molecule has 1 aliphatic rings. The van der Waals surface area contributed by atoms with Gasteiger partial charge in [0.1, 0.15) is 5.60 Å². The van der Waals surface area contributed by atoms with E-state index in [-0.39, 0.29) is 30.5 Å². The molecule has 1 aliphatic heterocycles. The molecule has 1 fully saturated rings. The molecular weight excluding hydrogens is 380 g/mol. The Bertz CT molecular complexity index is 1010. The Morgan fingerprint density at radius 2 is 1.61 bits per heavy atom. The van der Waals surface area contributed by atoms with Crippen LogP contribution in [0.15, 0.2) is 36.4 Å². The van der Waals surface area contributed by atoms with Crippen LogP contribution in [-0.2, 0) is 14.6 Å². The summed E-state index contributed by atoms with van der Waals surface area (Å²) in [4.78, 5) is 26.8. The van der Waals surface area contributed by atoms with E-state index in [1.807, 2.05) is 24.3 Å². The van der Waals surface area contributed by atoms with Gasteiger partial charge in [0.15, 0.2) is 9.84 Å². The van der Waals surface area contributed by atoms with Gasteiger partial charge >= 0.3 is 6.09 Å². The van der Waals surface area contributed by atoms with Crippen LogP contribution in [0.2, 0.25) is 0 Å². The molecule has 0 aromatic heterocycles. The van der Waals surface area contributed by atoms with Crippen LogP contribution >= 0.6 is 0 Å². The summed E-state index contributed by atoms with van der Waals surface area (Å²) >= 11 is 0. The Balaban J connectivity index is 1.95. The Hall–Kier alpha value is -2.61. The first-order valence-corrected chi connectivity index (χ1v) is 10.9. The molecule has 1 saturated heterocycles. The third-order valence-electron chi connectivity index (χ3n) is 4.38. The number of amides is 2. The molecule has 8 heteroatoms. The summed E-state index contributed by atoms with van der Waals surface area (Å²) in [5.41, 5.74) is -0.0259. The second kappa shape index (κ2) is 7.43. The molecule has 28 heavy (non-hydrogen) atoms. The molecule has 0 spiro atoms. The highest BCUT2D eigenvalue weighted by molar-refractivity contribution is 7.91. The van der Waals surface area contributed by atoms with Crippen molar-refractivity contribution in [3.05, 3.63) is 42.0 Å². The Labute approximate surface area is 164 Å². The lowest BCUT2D eigenvalue weighted by molar-refractivity contribution is 0.0636. The molecule has 2 aromatic rings. The molecule has 1 heterocycles. The van der Waals surface area contributed by atoms with Gasteiger partial charge in [-0.15, -0.1) is 0 Å². The van der Waals surface area contributed by atoms with Crippen molar-refractivity contribution in [3.8, 4) is 0 Å². The van der Waals surface area contributed by atoms with E-state index < -0.39 is 21.5 Å². The SMILES string of the molecule is CC(C)(C)OC(=O)Nc1cc2ccccc2cc1C(=O)N1CCS(=O)(=O)CC1. The van der Waals surface area contributed by atoms with Crippen molar-refractivity contribution < 1.29 is 22.7 Å². The molecule has 7 nitrogen and oxygen atoms in total. The second-order valence-corrected chi connectivity index (χ2v) is 10.1. The summed E-state index contributed by atoms with van der Waals surface area (Å²) in [5.74, 6) is -0.422. The number of hydrogen-bond donors (Lipinski definition) is 1. The number of ether oxygens (including phenoxy) is 1. The van der Waals surface area contributed by atoms with Crippen molar-refractivity contribution in [1.29, 1.82) is 0 Å². The van der Waals surface area contributed by atoms with Gasteiger partial charge in [-0.05, 0) is 43.7 Å². The van der Waals surface area contributed by atoms with Gasteiger partial charge in [-0.1, -0.05) is 24.3 Å². The molecule has 150 valence electrons. The lowest BCUT2D eigenvalue weighted by atomic mass is 10.0. The fourth-order valence-electron chi connectivity index (χ4n) is 3.02. The smallest absolute Gasteiger partial charge is 0.412 e. The maximum absolute atomic E-state index is 13.1. The van der Waals surface area contributed by atoms with E-state index in [9.17, 15) is 18.0 Å². The molecular formula is C20H24N2O5S. The Morgan fingerprint density at radius 3 is 2.18 bits per heavy atom. The summed E-state index contributed by atoms with van der Waals surface area (Å²) in [6.45, 7) is 5.55. The zero-order valence-electron chi connectivity index (χ0n) is 16.2. The highest BCUT2D eigenvalue weighted by Crippen LogP contribution is 2.26. The lowest BCUT2D eigenvalue weighted by Crippen LogP contribution is -2.44. The van der Waals surface area contributed by atoms with Crippen LogP contribution in [0.25, 0.3) is 10.8 Å². The monoisotopic (exact) mass is 404 g/mol. The van der Waals surface area contributed by atoms with Crippen LogP contribution in [0.4, 0.5) is 10.5 Å². The number of sulfone groups is 1. The maximum Gasteiger partial charge on any atom is 0.412 e. The molecule has 0 aliphatic carbocycles. The largest absolute Gasteiger partial charge is 0.444 e. The molecule has 2 amide bonds. The molecule has 3 rings (SSSR count). The Kier molecular flexibility index (Phi) is 5.34. The van der Waals surface area contributed by atoms with Gasteiger partial charge in [0.05, 0.1) is 22.8 Å². The lowest BCUT2D eigenvalue weighted by Gasteiger charge is -2.28. The number of benzene rings is 2. The van der Waals surface area contributed by atoms with E-state index in [2.05, 4.69) is 5.32 Å². The number of carbonyl (C=O) groups excluding carboxylic acids is 2. The highest BCUT2D eigenvalue weighted by Gasteiger charge is 2.28. The first-order valence-electron chi connectivity index (χ1n) is 9.07. The number of carbonyl (C=O) groups is 2. The molecule has 0 bridgehead atoms. The third-order valence-corrected chi connectivity index (χ3v) is 5.99. The number of rotatable bonds is 2. The average molecular weight is 404 g/mol. The summed E-state index contributed by atoms with van der Waals surface area (Å²) in [7, 11) is -3.10. The van der Waals surface area contributed by atoms with Gasteiger partial charge in [-0.2, -0.15) is 0 Å². The van der Waals surface area contributed by atoms with Crippen LogP contribution in [0.1, 0.15) is 31.1 Å². The van der Waals surface area contributed by atoms with Gasteiger partial charge < -0.3 is 9.64 Å². The molecule has 0 atom stereocenters.